The molecule has 25 heavy (non-hydrogen) atoms. The SMILES string of the molecule is Cc1nc2cc(NC(=O)c3cccnc3)ccc2s1.O=C(O)C(=O)O. The molecule has 2 aromatic heterocycles. The number of carboxylic acids is 2. The molecule has 0 unspecified atom stereocenters. The van der Waals surface area contributed by atoms with E-state index in [1.165, 1.54) is 0 Å². The normalized spacial score (nSPS) is 9.80. The largest absolute Gasteiger partial charge is 0.473 e. The van der Waals surface area contributed by atoms with Gasteiger partial charge in [-0.15, -0.1) is 11.3 Å². The number of hydrogen-bond donors (Lipinski definition) is 3. The molecule has 0 aliphatic rings. The molecule has 8 nitrogen and oxygen atoms in total. The number of carboxylic acid groups (broad SMARTS) is 2. The number of amides is 1. The van der Waals surface area contributed by atoms with Crippen molar-refractivity contribution in [3.05, 3.63) is 53.3 Å². The fraction of sp³-hybridized carbons (Fsp3) is 0.0625. The highest BCUT2D eigenvalue weighted by molar-refractivity contribution is 7.18. The number of fused-ring (bicyclic) bond motifs is 1. The van der Waals surface area contributed by atoms with Crippen LogP contribution in [0.15, 0.2) is 42.7 Å². The predicted octanol–water partition coefficient (Wildman–Crippen LogP) is 2.41. The quantitative estimate of drug-likeness (QED) is 0.599. The van der Waals surface area contributed by atoms with E-state index in [4.69, 9.17) is 19.8 Å². The van der Waals surface area contributed by atoms with Crippen molar-refractivity contribution in [2.75, 3.05) is 5.32 Å². The molecule has 0 saturated heterocycles. The molecule has 9 heteroatoms. The number of aryl methyl sites for hydroxylation is 1. The molecule has 0 bridgehead atoms. The van der Waals surface area contributed by atoms with Crippen molar-refractivity contribution in [2.24, 2.45) is 0 Å². The van der Waals surface area contributed by atoms with Crippen molar-refractivity contribution in [2.45, 2.75) is 6.92 Å². The first-order valence-corrected chi connectivity index (χ1v) is 7.73. The van der Waals surface area contributed by atoms with Gasteiger partial charge in [0.15, 0.2) is 0 Å². The van der Waals surface area contributed by atoms with E-state index in [-0.39, 0.29) is 5.91 Å². The Hall–Kier alpha value is -3.33. The van der Waals surface area contributed by atoms with Crippen molar-refractivity contribution in [1.29, 1.82) is 0 Å². The first-order valence-electron chi connectivity index (χ1n) is 6.91. The van der Waals surface area contributed by atoms with Gasteiger partial charge in [-0.1, -0.05) is 0 Å². The van der Waals surface area contributed by atoms with Crippen molar-refractivity contribution in [3.8, 4) is 0 Å². The van der Waals surface area contributed by atoms with E-state index >= 15 is 0 Å². The molecular weight excluding hydrogens is 346 g/mol. The zero-order chi connectivity index (χ0) is 18.4. The van der Waals surface area contributed by atoms with Gasteiger partial charge in [-0.3, -0.25) is 9.78 Å². The number of nitrogens with one attached hydrogen (secondary N) is 1. The van der Waals surface area contributed by atoms with Gasteiger partial charge in [0.1, 0.15) is 0 Å². The molecule has 3 rings (SSSR count). The number of thiazole rings is 1. The maximum atomic E-state index is 12.0. The molecule has 3 N–H and O–H groups in total. The van der Waals surface area contributed by atoms with Gasteiger partial charge < -0.3 is 15.5 Å². The number of anilines is 1. The fourth-order valence-corrected chi connectivity index (χ4v) is 2.63. The summed E-state index contributed by atoms with van der Waals surface area (Å²) in [6.07, 6.45) is 3.18. The summed E-state index contributed by atoms with van der Waals surface area (Å²) in [7, 11) is 0. The van der Waals surface area contributed by atoms with E-state index in [0.29, 0.717) is 5.56 Å². The summed E-state index contributed by atoms with van der Waals surface area (Å²) in [6.45, 7) is 1.97. The summed E-state index contributed by atoms with van der Waals surface area (Å²) in [5.41, 5.74) is 2.19. The molecule has 0 aliphatic carbocycles. The van der Waals surface area contributed by atoms with Crippen LogP contribution in [-0.2, 0) is 9.59 Å². The molecule has 0 atom stereocenters. The van der Waals surface area contributed by atoms with Crippen LogP contribution in [0.2, 0.25) is 0 Å². The van der Waals surface area contributed by atoms with Gasteiger partial charge in [0, 0.05) is 18.1 Å². The third-order valence-electron chi connectivity index (χ3n) is 2.86. The van der Waals surface area contributed by atoms with Gasteiger partial charge in [0.05, 0.1) is 20.8 Å². The van der Waals surface area contributed by atoms with Gasteiger partial charge >= 0.3 is 11.9 Å². The van der Waals surface area contributed by atoms with E-state index in [9.17, 15) is 4.79 Å². The monoisotopic (exact) mass is 359 g/mol. The van der Waals surface area contributed by atoms with Crippen LogP contribution in [-0.4, -0.2) is 38.0 Å². The number of carbonyl (C=O) groups excluding carboxylic acids is 1. The predicted molar refractivity (Wildman–Crippen MR) is 91.8 cm³/mol. The van der Waals surface area contributed by atoms with Crippen molar-refractivity contribution in [3.63, 3.8) is 0 Å². The molecule has 1 aromatic carbocycles. The standard InChI is InChI=1S/C14H11N3OS.C2H2O4/c1-9-16-12-7-11(4-5-13(12)19-9)17-14(18)10-3-2-6-15-8-10;3-1(4)2(5)6/h2-8H,1H3,(H,17,18);(H,3,4)(H,5,6). The molecule has 0 aliphatic heterocycles. The number of aromatic nitrogens is 2. The first kappa shape index (κ1) is 18.0. The average Bonchev–Trinajstić information content (AvgIpc) is 2.95. The summed E-state index contributed by atoms with van der Waals surface area (Å²) in [5, 5.41) is 18.6. The lowest BCUT2D eigenvalue weighted by molar-refractivity contribution is -0.159. The summed E-state index contributed by atoms with van der Waals surface area (Å²) in [6, 6.07) is 9.20. The summed E-state index contributed by atoms with van der Waals surface area (Å²) in [5.74, 6) is -3.82. The Morgan fingerprint density at radius 3 is 2.44 bits per heavy atom. The van der Waals surface area contributed by atoms with Crippen LogP contribution in [0.25, 0.3) is 10.2 Å². The summed E-state index contributed by atoms with van der Waals surface area (Å²) in [4.78, 5) is 38.5. The lowest BCUT2D eigenvalue weighted by atomic mass is 10.2. The van der Waals surface area contributed by atoms with Crippen molar-refractivity contribution in [1.82, 2.24) is 9.97 Å². The number of rotatable bonds is 2. The fourth-order valence-electron chi connectivity index (χ4n) is 1.82. The van der Waals surface area contributed by atoms with Gasteiger partial charge in [-0.05, 0) is 37.3 Å². The molecule has 1 amide bonds. The highest BCUT2D eigenvalue weighted by atomic mass is 32.1. The van der Waals surface area contributed by atoms with Gasteiger partial charge in [0.25, 0.3) is 5.91 Å². The number of nitrogens with zero attached hydrogens (tertiary/aromatic N) is 2. The van der Waals surface area contributed by atoms with E-state index in [1.807, 2.05) is 25.1 Å². The number of carbonyl (C=O) groups is 3. The lowest BCUT2D eigenvalue weighted by Gasteiger charge is -2.04. The smallest absolute Gasteiger partial charge is 0.414 e. The molecular formula is C16H13N3O5S. The molecule has 0 radical (unpaired) electrons. The average molecular weight is 359 g/mol. The number of pyridine rings is 1. The van der Waals surface area contributed by atoms with Crippen LogP contribution in [0.3, 0.4) is 0 Å². The lowest BCUT2D eigenvalue weighted by Crippen LogP contribution is -2.11. The van der Waals surface area contributed by atoms with Crippen LogP contribution in [0.5, 0.6) is 0 Å². The molecule has 2 heterocycles. The highest BCUT2D eigenvalue weighted by Gasteiger charge is 2.07. The van der Waals surface area contributed by atoms with Gasteiger partial charge in [-0.25, -0.2) is 14.6 Å². The zero-order valence-electron chi connectivity index (χ0n) is 13.0. The van der Waals surface area contributed by atoms with Crippen molar-refractivity contribution >= 4 is 45.1 Å². The number of aliphatic carboxylic acids is 2. The van der Waals surface area contributed by atoms with Gasteiger partial charge in [-0.2, -0.15) is 0 Å². The van der Waals surface area contributed by atoms with E-state index in [0.717, 1.165) is 20.9 Å². The second-order valence-corrected chi connectivity index (χ2v) is 5.96. The Balaban J connectivity index is 0.000000326. The molecule has 128 valence electrons. The third kappa shape index (κ3) is 5.08. The van der Waals surface area contributed by atoms with Crippen LogP contribution in [0, 0.1) is 6.92 Å². The zero-order valence-corrected chi connectivity index (χ0v) is 13.8. The van der Waals surface area contributed by atoms with Crippen molar-refractivity contribution < 1.29 is 24.6 Å². The second-order valence-electron chi connectivity index (χ2n) is 4.72. The van der Waals surface area contributed by atoms with E-state index < -0.39 is 11.9 Å². The van der Waals surface area contributed by atoms with Crippen LogP contribution < -0.4 is 5.32 Å². The Morgan fingerprint density at radius 1 is 1.12 bits per heavy atom. The Labute approximate surface area is 145 Å². The van der Waals surface area contributed by atoms with Gasteiger partial charge in [0.2, 0.25) is 0 Å². The third-order valence-corrected chi connectivity index (χ3v) is 3.81. The summed E-state index contributed by atoms with van der Waals surface area (Å²) < 4.78 is 1.12. The Bertz CT molecular complexity index is 912. The van der Waals surface area contributed by atoms with Crippen LogP contribution in [0.1, 0.15) is 15.4 Å². The minimum atomic E-state index is -1.82. The Morgan fingerprint density at radius 2 is 1.84 bits per heavy atom. The Kier molecular flexibility index (Phi) is 5.75. The van der Waals surface area contributed by atoms with E-state index in [1.54, 1.807) is 35.9 Å². The minimum Gasteiger partial charge on any atom is -0.473 e. The maximum absolute atomic E-state index is 12.0. The molecule has 3 aromatic rings. The topological polar surface area (TPSA) is 129 Å². The van der Waals surface area contributed by atoms with E-state index in [2.05, 4.69) is 15.3 Å². The second kappa shape index (κ2) is 7.97. The maximum Gasteiger partial charge on any atom is 0.414 e. The minimum absolute atomic E-state index is 0.167. The molecule has 0 fully saturated rings. The van der Waals surface area contributed by atoms with Crippen LogP contribution >= 0.6 is 11.3 Å². The summed E-state index contributed by atoms with van der Waals surface area (Å²) >= 11 is 1.64. The molecule has 0 saturated carbocycles. The first-order chi connectivity index (χ1) is 11.9. The highest BCUT2D eigenvalue weighted by Crippen LogP contribution is 2.24. The molecule has 0 spiro atoms. The number of benzene rings is 1. The van der Waals surface area contributed by atoms with Crippen LogP contribution in [0.4, 0.5) is 5.69 Å². The number of hydrogen-bond acceptors (Lipinski definition) is 6.